The van der Waals surface area contributed by atoms with E-state index < -0.39 is 5.97 Å². The lowest BCUT2D eigenvalue weighted by Crippen LogP contribution is -2.39. The maximum absolute atomic E-state index is 11.3. The molecule has 3 heterocycles. The van der Waals surface area contributed by atoms with E-state index >= 15 is 0 Å². The molecule has 2 aromatic rings. The van der Waals surface area contributed by atoms with Crippen LogP contribution in [0.2, 0.25) is 0 Å². The molecular formula is C16H21N3O2. The lowest BCUT2D eigenvalue weighted by atomic mass is 9.96. The second-order valence-corrected chi connectivity index (χ2v) is 6.03. The summed E-state index contributed by atoms with van der Waals surface area (Å²) in [7, 11) is 0. The van der Waals surface area contributed by atoms with E-state index in [2.05, 4.69) is 23.7 Å². The van der Waals surface area contributed by atoms with Crippen LogP contribution in [0.15, 0.2) is 24.5 Å². The molecule has 1 atom stereocenters. The number of aromatic nitrogens is 2. The van der Waals surface area contributed by atoms with Crippen LogP contribution in [0.4, 0.5) is 0 Å². The standard InChI is InChI=1S/C16H21N3O2/c1-11(2)18-7-3-5-12(10-18)15-17-9-14-13(16(20)21)6-4-8-19(14)15/h4,6,8-9,11-12H,3,5,7,10H2,1-2H3,(H,20,21). The lowest BCUT2D eigenvalue weighted by molar-refractivity contribution is 0.0698. The topological polar surface area (TPSA) is 57.8 Å². The van der Waals surface area contributed by atoms with E-state index in [1.807, 2.05) is 10.6 Å². The minimum absolute atomic E-state index is 0.313. The molecule has 1 aliphatic rings. The number of piperidine rings is 1. The van der Waals surface area contributed by atoms with Gasteiger partial charge in [0.05, 0.1) is 17.3 Å². The van der Waals surface area contributed by atoms with Gasteiger partial charge in [0, 0.05) is 24.7 Å². The fourth-order valence-corrected chi connectivity index (χ4v) is 3.21. The maximum Gasteiger partial charge on any atom is 0.337 e. The van der Waals surface area contributed by atoms with Gasteiger partial charge in [0.1, 0.15) is 5.82 Å². The molecule has 5 nitrogen and oxygen atoms in total. The number of imidazole rings is 1. The van der Waals surface area contributed by atoms with Crippen LogP contribution in [0.1, 0.15) is 48.8 Å². The quantitative estimate of drug-likeness (QED) is 0.942. The van der Waals surface area contributed by atoms with Gasteiger partial charge in [-0.05, 0) is 45.4 Å². The molecule has 1 fully saturated rings. The van der Waals surface area contributed by atoms with E-state index in [9.17, 15) is 9.90 Å². The maximum atomic E-state index is 11.3. The summed E-state index contributed by atoms with van der Waals surface area (Å²) in [5.74, 6) is 0.450. The van der Waals surface area contributed by atoms with Gasteiger partial charge in [-0.2, -0.15) is 0 Å². The highest BCUT2D eigenvalue weighted by Gasteiger charge is 2.26. The lowest BCUT2D eigenvalue weighted by Gasteiger charge is -2.34. The molecule has 21 heavy (non-hydrogen) atoms. The molecule has 5 heteroatoms. The van der Waals surface area contributed by atoms with Crippen LogP contribution < -0.4 is 0 Å². The number of likely N-dealkylation sites (tertiary alicyclic amines) is 1. The zero-order valence-corrected chi connectivity index (χ0v) is 12.5. The number of nitrogens with zero attached hydrogens (tertiary/aromatic N) is 3. The highest BCUT2D eigenvalue weighted by molar-refractivity contribution is 5.95. The van der Waals surface area contributed by atoms with E-state index in [4.69, 9.17) is 0 Å². The molecule has 1 N–H and O–H groups in total. The van der Waals surface area contributed by atoms with Gasteiger partial charge in [-0.25, -0.2) is 9.78 Å². The van der Waals surface area contributed by atoms with Gasteiger partial charge in [-0.1, -0.05) is 0 Å². The molecule has 0 amide bonds. The third-order valence-corrected chi connectivity index (χ3v) is 4.38. The van der Waals surface area contributed by atoms with Crippen LogP contribution in [0.5, 0.6) is 0 Å². The first-order valence-corrected chi connectivity index (χ1v) is 7.51. The first-order valence-electron chi connectivity index (χ1n) is 7.51. The van der Waals surface area contributed by atoms with Crippen LogP contribution >= 0.6 is 0 Å². The fourth-order valence-electron chi connectivity index (χ4n) is 3.21. The summed E-state index contributed by atoms with van der Waals surface area (Å²) in [6.45, 7) is 6.56. The molecular weight excluding hydrogens is 266 g/mol. The molecule has 112 valence electrons. The number of hydrogen-bond acceptors (Lipinski definition) is 3. The van der Waals surface area contributed by atoms with Crippen molar-refractivity contribution in [3.8, 4) is 0 Å². The van der Waals surface area contributed by atoms with Crippen LogP contribution in [-0.2, 0) is 0 Å². The minimum Gasteiger partial charge on any atom is -0.478 e. The summed E-state index contributed by atoms with van der Waals surface area (Å²) >= 11 is 0. The number of aromatic carboxylic acids is 1. The van der Waals surface area contributed by atoms with E-state index in [1.165, 1.54) is 0 Å². The molecule has 0 radical (unpaired) electrons. The van der Waals surface area contributed by atoms with E-state index in [0.29, 0.717) is 23.0 Å². The summed E-state index contributed by atoms with van der Waals surface area (Å²) in [6.07, 6.45) is 5.88. The zero-order valence-electron chi connectivity index (χ0n) is 12.5. The number of pyridine rings is 1. The van der Waals surface area contributed by atoms with Crippen molar-refractivity contribution in [2.75, 3.05) is 13.1 Å². The molecule has 1 unspecified atom stereocenters. The van der Waals surface area contributed by atoms with Gasteiger partial charge in [-0.3, -0.25) is 0 Å². The Bertz CT molecular complexity index is 663. The largest absolute Gasteiger partial charge is 0.478 e. The van der Waals surface area contributed by atoms with Gasteiger partial charge < -0.3 is 14.4 Å². The molecule has 2 aromatic heterocycles. The monoisotopic (exact) mass is 287 g/mol. The third kappa shape index (κ3) is 2.53. The average Bonchev–Trinajstić information content (AvgIpc) is 2.91. The Kier molecular flexibility index (Phi) is 3.68. The molecule has 3 rings (SSSR count). The van der Waals surface area contributed by atoms with Gasteiger partial charge in [0.2, 0.25) is 0 Å². The van der Waals surface area contributed by atoms with Crippen LogP contribution in [-0.4, -0.2) is 44.5 Å². The Morgan fingerprint density at radius 2 is 2.29 bits per heavy atom. The Morgan fingerprint density at radius 3 is 3.00 bits per heavy atom. The molecule has 0 aliphatic carbocycles. The summed E-state index contributed by atoms with van der Waals surface area (Å²) in [5.41, 5.74) is 0.995. The first kappa shape index (κ1) is 14.1. The molecule has 0 spiro atoms. The van der Waals surface area contributed by atoms with Crippen molar-refractivity contribution in [3.63, 3.8) is 0 Å². The minimum atomic E-state index is -0.903. The molecule has 0 bridgehead atoms. The van der Waals surface area contributed by atoms with E-state index in [-0.39, 0.29) is 0 Å². The molecule has 0 aromatic carbocycles. The first-order chi connectivity index (χ1) is 10.1. The van der Waals surface area contributed by atoms with Crippen LogP contribution in [0, 0.1) is 0 Å². The number of hydrogen-bond donors (Lipinski definition) is 1. The van der Waals surface area contributed by atoms with Crippen molar-refractivity contribution in [1.82, 2.24) is 14.3 Å². The van der Waals surface area contributed by atoms with Gasteiger partial charge in [0.25, 0.3) is 0 Å². The second-order valence-electron chi connectivity index (χ2n) is 6.03. The van der Waals surface area contributed by atoms with Gasteiger partial charge in [0.15, 0.2) is 0 Å². The SMILES string of the molecule is CC(C)N1CCCC(c2ncc3c(C(=O)O)cccn23)C1. The van der Waals surface area contributed by atoms with Crippen molar-refractivity contribution in [3.05, 3.63) is 35.9 Å². The van der Waals surface area contributed by atoms with Crippen molar-refractivity contribution >= 4 is 11.5 Å². The predicted octanol–water partition coefficient (Wildman–Crippen LogP) is 2.62. The third-order valence-electron chi connectivity index (χ3n) is 4.38. The Morgan fingerprint density at radius 1 is 1.48 bits per heavy atom. The summed E-state index contributed by atoms with van der Waals surface area (Å²) in [6, 6.07) is 3.95. The average molecular weight is 287 g/mol. The Hall–Kier alpha value is -1.88. The summed E-state index contributed by atoms with van der Waals surface area (Å²) in [4.78, 5) is 18.3. The summed E-state index contributed by atoms with van der Waals surface area (Å²) in [5, 5.41) is 9.27. The van der Waals surface area contributed by atoms with Crippen molar-refractivity contribution in [1.29, 1.82) is 0 Å². The smallest absolute Gasteiger partial charge is 0.337 e. The van der Waals surface area contributed by atoms with Gasteiger partial charge in [-0.15, -0.1) is 0 Å². The number of rotatable bonds is 3. The predicted molar refractivity (Wildman–Crippen MR) is 80.8 cm³/mol. The molecule has 0 saturated carbocycles. The molecule has 1 saturated heterocycles. The van der Waals surface area contributed by atoms with Crippen molar-refractivity contribution in [2.24, 2.45) is 0 Å². The number of carbonyl (C=O) groups is 1. The number of fused-ring (bicyclic) bond motifs is 1. The normalized spacial score (nSPS) is 20.2. The Balaban J connectivity index is 1.98. The van der Waals surface area contributed by atoms with E-state index in [1.54, 1.807) is 18.3 Å². The zero-order chi connectivity index (χ0) is 15.0. The van der Waals surface area contributed by atoms with Crippen molar-refractivity contribution < 1.29 is 9.90 Å². The van der Waals surface area contributed by atoms with E-state index in [0.717, 1.165) is 31.8 Å². The van der Waals surface area contributed by atoms with Gasteiger partial charge >= 0.3 is 5.97 Å². The second kappa shape index (κ2) is 5.48. The van der Waals surface area contributed by atoms with Crippen molar-refractivity contribution in [2.45, 2.75) is 38.6 Å². The van der Waals surface area contributed by atoms with Crippen LogP contribution in [0.25, 0.3) is 5.52 Å². The highest BCUT2D eigenvalue weighted by atomic mass is 16.4. The fraction of sp³-hybridized carbons (Fsp3) is 0.500. The number of carboxylic acids is 1. The number of carboxylic acid groups (broad SMARTS) is 1. The summed E-state index contributed by atoms with van der Waals surface area (Å²) < 4.78 is 1.94. The Labute approximate surface area is 124 Å². The highest BCUT2D eigenvalue weighted by Crippen LogP contribution is 2.28. The van der Waals surface area contributed by atoms with Crippen LogP contribution in [0.3, 0.4) is 0 Å². The molecule has 1 aliphatic heterocycles.